The number of aromatic nitrogens is 1. The van der Waals surface area contributed by atoms with Crippen LogP contribution in [0.4, 0.5) is 0 Å². The molecule has 0 spiro atoms. The minimum Gasteiger partial charge on any atom is -0.464 e. The summed E-state index contributed by atoms with van der Waals surface area (Å²) >= 11 is 0. The lowest BCUT2D eigenvalue weighted by Gasteiger charge is -2.07. The van der Waals surface area contributed by atoms with Gasteiger partial charge in [0.25, 0.3) is 0 Å². The highest BCUT2D eigenvalue weighted by molar-refractivity contribution is 5.94. The van der Waals surface area contributed by atoms with Crippen LogP contribution >= 0.6 is 0 Å². The molecule has 108 valence electrons. The summed E-state index contributed by atoms with van der Waals surface area (Å²) in [5.74, 6) is -0.405. The van der Waals surface area contributed by atoms with Crippen LogP contribution in [0.15, 0.2) is 22.0 Å². The van der Waals surface area contributed by atoms with Gasteiger partial charge in [-0.25, -0.2) is 9.78 Å². The largest absolute Gasteiger partial charge is 0.464 e. The number of carbonyl (C=O) groups excluding carboxylic acids is 2. The average Bonchev–Trinajstić information content (AvgIpc) is 3.13. The van der Waals surface area contributed by atoms with Gasteiger partial charge in [0.1, 0.15) is 0 Å². The van der Waals surface area contributed by atoms with Crippen LogP contribution in [0.25, 0.3) is 0 Å². The molecule has 1 aliphatic carbocycles. The van der Waals surface area contributed by atoms with Crippen LogP contribution < -0.4 is 5.32 Å². The first-order valence-corrected chi connectivity index (χ1v) is 6.61. The Bertz CT molecular complexity index is 537. The molecule has 1 amide bonds. The van der Waals surface area contributed by atoms with Crippen molar-refractivity contribution in [1.82, 2.24) is 10.3 Å². The van der Waals surface area contributed by atoms with Crippen molar-refractivity contribution in [2.75, 3.05) is 7.11 Å². The number of ether oxygens (including phenoxy) is 1. The van der Waals surface area contributed by atoms with Gasteiger partial charge in [-0.15, -0.1) is 0 Å². The Morgan fingerprint density at radius 3 is 2.75 bits per heavy atom. The van der Waals surface area contributed by atoms with Crippen molar-refractivity contribution < 1.29 is 18.7 Å². The van der Waals surface area contributed by atoms with Crippen molar-refractivity contribution in [3.05, 3.63) is 29.0 Å². The van der Waals surface area contributed by atoms with Gasteiger partial charge in [-0.2, -0.15) is 0 Å². The number of methoxy groups -OCH3 is 1. The van der Waals surface area contributed by atoms with Gasteiger partial charge in [0.15, 0.2) is 17.8 Å². The summed E-state index contributed by atoms with van der Waals surface area (Å²) in [4.78, 5) is 27.2. The molecule has 1 saturated carbocycles. The lowest BCUT2D eigenvalue weighted by Crippen LogP contribution is -2.25. The molecule has 0 aromatic carbocycles. The fourth-order valence-corrected chi connectivity index (χ4v) is 2.29. The van der Waals surface area contributed by atoms with Crippen molar-refractivity contribution in [3.63, 3.8) is 0 Å². The van der Waals surface area contributed by atoms with Gasteiger partial charge in [-0.1, -0.05) is 5.57 Å². The minimum atomic E-state index is -0.575. The Kier molecular flexibility index (Phi) is 4.55. The number of rotatable bonds is 4. The summed E-state index contributed by atoms with van der Waals surface area (Å²) in [6.07, 6.45) is 5.45. The molecule has 1 aromatic heterocycles. The molecular formula is C14H18N2O4. The van der Waals surface area contributed by atoms with Crippen LogP contribution in [0.1, 0.15) is 48.9 Å². The molecule has 6 nitrogen and oxygen atoms in total. The third kappa shape index (κ3) is 3.07. The number of nitrogens with zero attached hydrogens (tertiary/aromatic N) is 1. The molecule has 0 unspecified atom stereocenters. The third-order valence-corrected chi connectivity index (χ3v) is 3.51. The maximum Gasteiger partial charge on any atom is 0.360 e. The maximum atomic E-state index is 12.0. The van der Waals surface area contributed by atoms with Gasteiger partial charge in [0, 0.05) is 5.57 Å². The van der Waals surface area contributed by atoms with Crippen molar-refractivity contribution in [3.8, 4) is 0 Å². The highest BCUT2D eigenvalue weighted by Gasteiger charge is 2.19. The smallest absolute Gasteiger partial charge is 0.360 e. The molecule has 0 bridgehead atoms. The number of hydrogen-bond acceptors (Lipinski definition) is 5. The fraction of sp³-hybridized carbons (Fsp3) is 0.500. The molecule has 1 aromatic rings. The van der Waals surface area contributed by atoms with E-state index < -0.39 is 5.97 Å². The van der Waals surface area contributed by atoms with Crippen LogP contribution in [-0.4, -0.2) is 24.0 Å². The van der Waals surface area contributed by atoms with E-state index in [9.17, 15) is 9.59 Å². The van der Waals surface area contributed by atoms with Crippen LogP contribution in [-0.2, 0) is 16.1 Å². The second-order valence-electron chi connectivity index (χ2n) is 4.73. The lowest BCUT2D eigenvalue weighted by molar-refractivity contribution is -0.117. The summed E-state index contributed by atoms with van der Waals surface area (Å²) < 4.78 is 9.69. The molecule has 6 heteroatoms. The molecule has 0 aliphatic heterocycles. The van der Waals surface area contributed by atoms with Crippen molar-refractivity contribution in [2.24, 2.45) is 0 Å². The van der Waals surface area contributed by atoms with E-state index >= 15 is 0 Å². The quantitative estimate of drug-likeness (QED) is 0.672. The molecule has 0 saturated heterocycles. The van der Waals surface area contributed by atoms with Gasteiger partial charge in [0.05, 0.1) is 13.7 Å². The highest BCUT2D eigenvalue weighted by Crippen LogP contribution is 2.26. The van der Waals surface area contributed by atoms with Crippen LogP contribution in [0.3, 0.4) is 0 Å². The maximum absolute atomic E-state index is 12.0. The third-order valence-electron chi connectivity index (χ3n) is 3.51. The first kappa shape index (κ1) is 14.3. The molecule has 1 N–H and O–H groups in total. The second kappa shape index (κ2) is 6.36. The van der Waals surface area contributed by atoms with Gasteiger partial charge >= 0.3 is 5.97 Å². The molecule has 1 aliphatic rings. The minimum absolute atomic E-state index is 0.0963. The summed E-state index contributed by atoms with van der Waals surface area (Å²) in [5, 5.41) is 2.74. The predicted octanol–water partition coefficient (Wildman–Crippen LogP) is 1.97. The van der Waals surface area contributed by atoms with Crippen LogP contribution in [0, 0.1) is 0 Å². The highest BCUT2D eigenvalue weighted by atomic mass is 16.5. The zero-order valence-electron chi connectivity index (χ0n) is 11.7. The summed E-state index contributed by atoms with van der Waals surface area (Å²) in [7, 11) is 1.27. The van der Waals surface area contributed by atoms with E-state index in [1.165, 1.54) is 12.7 Å². The first-order valence-electron chi connectivity index (χ1n) is 6.61. The van der Waals surface area contributed by atoms with E-state index in [1.807, 2.05) is 6.92 Å². The Morgan fingerprint density at radius 2 is 2.10 bits per heavy atom. The molecule has 0 atom stereocenters. The number of carbonyl (C=O) groups is 2. The topological polar surface area (TPSA) is 81.4 Å². The second-order valence-corrected chi connectivity index (χ2v) is 4.73. The Hall–Kier alpha value is -2.11. The van der Waals surface area contributed by atoms with E-state index in [4.69, 9.17) is 4.42 Å². The van der Waals surface area contributed by atoms with Gasteiger partial charge in [-0.3, -0.25) is 4.79 Å². The number of esters is 1. The Labute approximate surface area is 117 Å². The number of nitrogens with one attached hydrogen (secondary N) is 1. The molecule has 20 heavy (non-hydrogen) atoms. The SMILES string of the molecule is COC(=O)c1ncoc1CNC(=O)C(C)=C1CCCC1. The van der Waals surface area contributed by atoms with E-state index in [1.54, 1.807) is 0 Å². The van der Waals surface area contributed by atoms with E-state index in [0.717, 1.165) is 37.7 Å². The number of oxazole rings is 1. The predicted molar refractivity (Wildman–Crippen MR) is 70.9 cm³/mol. The molecule has 1 heterocycles. The zero-order valence-corrected chi connectivity index (χ0v) is 11.7. The number of amides is 1. The van der Waals surface area contributed by atoms with Crippen molar-refractivity contribution in [2.45, 2.75) is 39.2 Å². The summed E-state index contributed by atoms with van der Waals surface area (Å²) in [5.41, 5.74) is 2.08. The van der Waals surface area contributed by atoms with Gasteiger partial charge < -0.3 is 14.5 Å². The zero-order chi connectivity index (χ0) is 14.5. The standard InChI is InChI=1S/C14H18N2O4/c1-9(10-5-3-4-6-10)13(17)15-7-11-12(14(18)19-2)16-8-20-11/h8H,3-7H2,1-2H3,(H,15,17). The Morgan fingerprint density at radius 1 is 1.40 bits per heavy atom. The van der Waals surface area contributed by atoms with Crippen molar-refractivity contribution in [1.29, 1.82) is 0 Å². The Balaban J connectivity index is 1.99. The summed E-state index contributed by atoms with van der Waals surface area (Å²) in [6.45, 7) is 1.95. The molecule has 0 radical (unpaired) electrons. The number of allylic oxidation sites excluding steroid dienone is 1. The van der Waals surface area contributed by atoms with Gasteiger partial charge in [0.2, 0.25) is 5.91 Å². The molecular weight excluding hydrogens is 260 g/mol. The lowest BCUT2D eigenvalue weighted by atomic mass is 10.1. The molecule has 1 fully saturated rings. The fourth-order valence-electron chi connectivity index (χ4n) is 2.29. The van der Waals surface area contributed by atoms with E-state index in [2.05, 4.69) is 15.0 Å². The molecule has 2 rings (SSSR count). The summed E-state index contributed by atoms with van der Waals surface area (Å²) in [6, 6.07) is 0. The monoisotopic (exact) mass is 278 g/mol. The first-order chi connectivity index (χ1) is 9.63. The van der Waals surface area contributed by atoms with E-state index in [-0.39, 0.29) is 18.1 Å². The average molecular weight is 278 g/mol. The van der Waals surface area contributed by atoms with Crippen LogP contribution in [0.2, 0.25) is 0 Å². The number of hydrogen-bond donors (Lipinski definition) is 1. The van der Waals surface area contributed by atoms with Gasteiger partial charge in [-0.05, 0) is 32.6 Å². The van der Waals surface area contributed by atoms with Crippen LogP contribution in [0.5, 0.6) is 0 Å². The normalized spacial score (nSPS) is 14.2. The van der Waals surface area contributed by atoms with E-state index in [0.29, 0.717) is 5.76 Å². The van der Waals surface area contributed by atoms with Crippen molar-refractivity contribution >= 4 is 11.9 Å².